The van der Waals surface area contributed by atoms with E-state index < -0.39 is 44.4 Å². The lowest BCUT2D eigenvalue weighted by molar-refractivity contribution is -0.387. The van der Waals surface area contributed by atoms with Gasteiger partial charge in [0.1, 0.15) is 11.5 Å². The first-order chi connectivity index (χ1) is 13.9. The molecule has 0 bridgehead atoms. The predicted octanol–water partition coefficient (Wildman–Crippen LogP) is 3.89. The Hall–Kier alpha value is -3.83. The summed E-state index contributed by atoms with van der Waals surface area (Å²) in [5, 5.41) is 29.3. The molecule has 0 amide bonds. The Kier molecular flexibility index (Phi) is 8.14. The monoisotopic (exact) mass is 428 g/mol. The van der Waals surface area contributed by atoms with Crippen molar-refractivity contribution < 1.29 is 38.0 Å². The van der Waals surface area contributed by atoms with E-state index >= 15 is 0 Å². The Morgan fingerprint density at radius 1 is 1.03 bits per heavy atom. The number of ether oxygens (including phenoxy) is 2. The van der Waals surface area contributed by atoms with Crippen LogP contribution in [0.2, 0.25) is 0 Å². The number of nitro benzene ring substituents is 2. The van der Waals surface area contributed by atoms with Crippen molar-refractivity contribution in [3.8, 4) is 11.5 Å². The molecule has 12 heteroatoms. The van der Waals surface area contributed by atoms with Crippen LogP contribution in [0.3, 0.4) is 0 Å². The van der Waals surface area contributed by atoms with Crippen LogP contribution in [0.4, 0.5) is 20.2 Å². The van der Waals surface area contributed by atoms with Gasteiger partial charge in [-0.05, 0) is 45.0 Å². The van der Waals surface area contributed by atoms with E-state index in [0.29, 0.717) is 0 Å². The van der Waals surface area contributed by atoms with E-state index in [0.717, 1.165) is 30.3 Å². The number of nitrogens with zero attached hydrogens (tertiary/aromatic N) is 2. The quantitative estimate of drug-likeness (QED) is 0.415. The van der Waals surface area contributed by atoms with Crippen molar-refractivity contribution in [3.05, 3.63) is 68.3 Å². The number of carbonyl (C=O) groups is 1. The number of hydrogen-bond acceptors (Lipinski definition) is 8. The van der Waals surface area contributed by atoms with Crippen LogP contribution in [-0.4, -0.2) is 33.1 Å². The predicted molar refractivity (Wildman–Crippen MR) is 99.1 cm³/mol. The minimum Gasteiger partial charge on any atom is -0.508 e. The summed E-state index contributed by atoms with van der Waals surface area (Å²) in [4.78, 5) is 30.5. The fraction of sp³-hybridized carbons (Fsp3) is 0.278. The molecule has 0 saturated carbocycles. The molecular formula is C18H18F2N2O8. The molecule has 0 heterocycles. The number of halogens is 2. The minimum atomic E-state index is -1.32. The highest BCUT2D eigenvalue weighted by Crippen LogP contribution is 2.26. The van der Waals surface area contributed by atoms with Crippen molar-refractivity contribution in [2.24, 2.45) is 0 Å². The van der Waals surface area contributed by atoms with Crippen molar-refractivity contribution >= 4 is 17.3 Å². The first kappa shape index (κ1) is 24.2. The van der Waals surface area contributed by atoms with Crippen LogP contribution in [0.5, 0.6) is 11.5 Å². The van der Waals surface area contributed by atoms with Gasteiger partial charge in [-0.15, -0.1) is 0 Å². The van der Waals surface area contributed by atoms with E-state index in [1.165, 1.54) is 19.9 Å². The third-order valence-electron chi connectivity index (χ3n) is 3.38. The zero-order valence-electron chi connectivity index (χ0n) is 16.1. The van der Waals surface area contributed by atoms with Gasteiger partial charge in [0, 0.05) is 0 Å². The van der Waals surface area contributed by atoms with Crippen molar-refractivity contribution in [1.82, 2.24) is 0 Å². The van der Waals surface area contributed by atoms with Crippen LogP contribution in [0.25, 0.3) is 0 Å². The van der Waals surface area contributed by atoms with Gasteiger partial charge in [0.15, 0.2) is 5.60 Å². The van der Waals surface area contributed by atoms with Gasteiger partial charge in [0.25, 0.3) is 0 Å². The fourth-order valence-electron chi connectivity index (χ4n) is 1.98. The summed E-state index contributed by atoms with van der Waals surface area (Å²) in [6.07, 6.45) is 0. The Morgan fingerprint density at radius 2 is 1.53 bits per heavy atom. The van der Waals surface area contributed by atoms with Gasteiger partial charge in [-0.25, -0.2) is 4.79 Å². The van der Waals surface area contributed by atoms with Crippen molar-refractivity contribution in [1.29, 1.82) is 0 Å². The first-order valence-electron chi connectivity index (χ1n) is 8.32. The smallest absolute Gasteiger partial charge is 0.349 e. The topological polar surface area (TPSA) is 142 Å². The molecule has 0 aliphatic carbocycles. The summed E-state index contributed by atoms with van der Waals surface area (Å²) in [6.45, 7) is 4.76. The molecule has 0 saturated heterocycles. The van der Waals surface area contributed by atoms with Gasteiger partial charge in [0.2, 0.25) is 11.6 Å². The Labute approximate surface area is 169 Å². The highest BCUT2D eigenvalue weighted by atomic mass is 19.1. The maximum absolute atomic E-state index is 13.1. The highest BCUT2D eigenvalue weighted by molar-refractivity contribution is 5.79. The van der Waals surface area contributed by atoms with E-state index in [4.69, 9.17) is 14.6 Å². The second-order valence-electron chi connectivity index (χ2n) is 6.10. The maximum Gasteiger partial charge on any atom is 0.349 e. The number of benzene rings is 2. The SMILES string of the molecule is CCOC(=O)C(C)(C)Oc1ccc(F)c([N+](=O)[O-])c1.O=[N+]([O-])c1cc(O)ccc1F. The molecule has 0 aliphatic heterocycles. The maximum atomic E-state index is 13.1. The molecule has 2 aromatic rings. The minimum absolute atomic E-state index is 0.0196. The van der Waals surface area contributed by atoms with Crippen LogP contribution in [0.1, 0.15) is 20.8 Å². The third kappa shape index (κ3) is 6.65. The second kappa shape index (κ2) is 10.1. The number of phenols is 1. The van der Waals surface area contributed by atoms with Crippen LogP contribution >= 0.6 is 0 Å². The normalized spacial score (nSPS) is 10.4. The molecule has 2 rings (SSSR count). The number of carbonyl (C=O) groups excluding carboxylic acids is 1. The van der Waals surface area contributed by atoms with E-state index in [9.17, 15) is 33.8 Å². The lowest BCUT2D eigenvalue weighted by Gasteiger charge is -2.23. The van der Waals surface area contributed by atoms with Crippen LogP contribution in [0.15, 0.2) is 36.4 Å². The first-order valence-corrected chi connectivity index (χ1v) is 8.32. The molecular weight excluding hydrogens is 410 g/mol. The molecule has 0 aromatic heterocycles. The number of aromatic hydroxyl groups is 1. The van der Waals surface area contributed by atoms with Crippen molar-refractivity contribution in [3.63, 3.8) is 0 Å². The average Bonchev–Trinajstić information content (AvgIpc) is 2.65. The Balaban J connectivity index is 0.000000346. The summed E-state index contributed by atoms with van der Waals surface area (Å²) < 4.78 is 35.7. The summed E-state index contributed by atoms with van der Waals surface area (Å²) in [7, 11) is 0. The standard InChI is InChI=1S/C12H14FNO5.C6H4FNO3/c1-4-18-11(15)12(2,3)19-8-5-6-9(13)10(7-8)14(16)17;7-5-2-1-4(9)3-6(5)8(10)11/h5-7H,4H2,1-3H3;1-3,9H. The zero-order chi connectivity index (χ0) is 23.1. The number of hydrogen-bond donors (Lipinski definition) is 1. The molecule has 10 nitrogen and oxygen atoms in total. The number of esters is 1. The van der Waals surface area contributed by atoms with E-state index in [2.05, 4.69) is 0 Å². The van der Waals surface area contributed by atoms with Crippen molar-refractivity contribution in [2.45, 2.75) is 26.4 Å². The molecule has 162 valence electrons. The molecule has 0 aliphatic rings. The van der Waals surface area contributed by atoms with Crippen LogP contribution in [-0.2, 0) is 9.53 Å². The number of nitro groups is 2. The molecule has 0 spiro atoms. The Bertz CT molecular complexity index is 950. The summed E-state index contributed by atoms with van der Waals surface area (Å²) in [5.74, 6) is -2.83. The molecule has 0 unspecified atom stereocenters. The molecule has 1 N–H and O–H groups in total. The lowest BCUT2D eigenvalue weighted by atomic mass is 10.1. The lowest BCUT2D eigenvalue weighted by Crippen LogP contribution is -2.39. The highest BCUT2D eigenvalue weighted by Gasteiger charge is 2.32. The molecule has 0 atom stereocenters. The number of rotatable bonds is 6. The van der Waals surface area contributed by atoms with Gasteiger partial charge in [-0.3, -0.25) is 20.2 Å². The van der Waals surface area contributed by atoms with Gasteiger partial charge >= 0.3 is 17.3 Å². The fourth-order valence-corrected chi connectivity index (χ4v) is 1.98. The molecule has 0 radical (unpaired) electrons. The van der Waals surface area contributed by atoms with Gasteiger partial charge in [-0.2, -0.15) is 8.78 Å². The van der Waals surface area contributed by atoms with Crippen LogP contribution in [0, 0.1) is 31.9 Å². The second-order valence-corrected chi connectivity index (χ2v) is 6.10. The van der Waals surface area contributed by atoms with Gasteiger partial charge in [0.05, 0.1) is 28.6 Å². The summed E-state index contributed by atoms with van der Waals surface area (Å²) >= 11 is 0. The Morgan fingerprint density at radius 3 is 2.00 bits per heavy atom. The third-order valence-corrected chi connectivity index (χ3v) is 3.38. The van der Waals surface area contributed by atoms with E-state index in [1.807, 2.05) is 0 Å². The largest absolute Gasteiger partial charge is 0.508 e. The van der Waals surface area contributed by atoms with Gasteiger partial charge < -0.3 is 14.6 Å². The number of phenolic OH excluding ortho intramolecular Hbond substituents is 1. The van der Waals surface area contributed by atoms with Crippen LogP contribution < -0.4 is 4.74 Å². The van der Waals surface area contributed by atoms with Crippen molar-refractivity contribution in [2.75, 3.05) is 6.61 Å². The molecule has 2 aromatic carbocycles. The summed E-state index contributed by atoms with van der Waals surface area (Å²) in [5.41, 5.74) is -2.75. The zero-order valence-corrected chi connectivity index (χ0v) is 16.1. The van der Waals surface area contributed by atoms with E-state index in [-0.39, 0.29) is 18.1 Å². The van der Waals surface area contributed by atoms with Gasteiger partial charge in [-0.1, -0.05) is 0 Å². The molecule has 0 fully saturated rings. The summed E-state index contributed by atoms with van der Waals surface area (Å²) in [6, 6.07) is 5.69. The molecule has 30 heavy (non-hydrogen) atoms. The van der Waals surface area contributed by atoms with E-state index in [1.54, 1.807) is 6.92 Å². The average molecular weight is 428 g/mol.